The largest absolute Gasteiger partial charge is 0.496 e. The molecule has 24 heavy (non-hydrogen) atoms. The average molecular weight is 328 g/mol. The summed E-state index contributed by atoms with van der Waals surface area (Å²) in [4.78, 5) is 12.4. The third-order valence-electron chi connectivity index (χ3n) is 4.85. The number of ether oxygens (including phenoxy) is 2. The van der Waals surface area contributed by atoms with Gasteiger partial charge in [0, 0.05) is 11.8 Å². The third-order valence-corrected chi connectivity index (χ3v) is 4.85. The molecule has 0 atom stereocenters. The maximum Gasteiger partial charge on any atom is 0.357 e. The van der Waals surface area contributed by atoms with E-state index in [0.29, 0.717) is 18.2 Å². The summed E-state index contributed by atoms with van der Waals surface area (Å²) in [6.45, 7) is 4.16. The number of carbonyl (C=O) groups is 1. The van der Waals surface area contributed by atoms with Crippen LogP contribution in [0.5, 0.6) is 5.75 Å². The summed E-state index contributed by atoms with van der Waals surface area (Å²) in [5.41, 5.74) is 4.58. The van der Waals surface area contributed by atoms with E-state index < -0.39 is 0 Å². The predicted molar refractivity (Wildman–Crippen MR) is 93.9 cm³/mol. The molecule has 5 heteroatoms. The zero-order chi connectivity index (χ0) is 17.3. The number of esters is 1. The van der Waals surface area contributed by atoms with E-state index in [0.717, 1.165) is 40.8 Å². The van der Waals surface area contributed by atoms with Gasteiger partial charge >= 0.3 is 5.97 Å². The van der Waals surface area contributed by atoms with Crippen molar-refractivity contribution in [3.8, 4) is 16.9 Å². The second-order valence-electron chi connectivity index (χ2n) is 6.19. The maximum absolute atomic E-state index is 12.4. The summed E-state index contributed by atoms with van der Waals surface area (Å²) in [7, 11) is 1.66. The smallest absolute Gasteiger partial charge is 0.357 e. The summed E-state index contributed by atoms with van der Waals surface area (Å²) < 4.78 is 12.1. The van der Waals surface area contributed by atoms with Crippen LogP contribution in [0.15, 0.2) is 24.4 Å². The van der Waals surface area contributed by atoms with Crippen molar-refractivity contribution in [1.29, 1.82) is 0 Å². The molecule has 5 nitrogen and oxygen atoms in total. The lowest BCUT2D eigenvalue weighted by Crippen LogP contribution is -2.21. The first-order valence-corrected chi connectivity index (χ1v) is 8.39. The van der Waals surface area contributed by atoms with Crippen molar-refractivity contribution in [2.75, 3.05) is 19.6 Å². The molecule has 3 rings (SSSR count). The quantitative estimate of drug-likeness (QED) is 0.672. The van der Waals surface area contributed by atoms with Crippen molar-refractivity contribution < 1.29 is 14.3 Å². The molecule has 0 radical (unpaired) electrons. The molecule has 1 fully saturated rings. The summed E-state index contributed by atoms with van der Waals surface area (Å²) in [5, 5.41) is 0. The van der Waals surface area contributed by atoms with Crippen LogP contribution in [-0.2, 0) is 4.74 Å². The first-order chi connectivity index (χ1) is 11.6. The van der Waals surface area contributed by atoms with E-state index >= 15 is 0 Å². The summed E-state index contributed by atoms with van der Waals surface area (Å²) >= 11 is 0. The SMILES string of the molecule is CCOC(=O)c1c(C2CCC2)c(-c2cccc(OC)c2C)cn1N. The second kappa shape index (κ2) is 6.59. The molecule has 0 spiro atoms. The van der Waals surface area contributed by atoms with Gasteiger partial charge in [-0.1, -0.05) is 18.6 Å². The standard InChI is InChI=1S/C19H24N2O3/c1-4-24-19(22)18-17(13-7-5-8-13)15(11-21(18)20)14-9-6-10-16(23-3)12(14)2/h6,9-11,13H,4-5,7-8,20H2,1-3H3. The van der Waals surface area contributed by atoms with Gasteiger partial charge in [-0.05, 0) is 55.4 Å². The van der Waals surface area contributed by atoms with Crippen LogP contribution in [0, 0.1) is 6.92 Å². The number of benzene rings is 1. The molecule has 1 aromatic heterocycles. The molecule has 1 aliphatic rings. The highest BCUT2D eigenvalue weighted by Crippen LogP contribution is 2.45. The van der Waals surface area contributed by atoms with Crippen LogP contribution in [0.4, 0.5) is 0 Å². The summed E-state index contributed by atoms with van der Waals surface area (Å²) in [6, 6.07) is 5.95. The summed E-state index contributed by atoms with van der Waals surface area (Å²) in [6.07, 6.45) is 5.17. The fourth-order valence-corrected chi connectivity index (χ4v) is 3.41. The Balaban J connectivity index is 2.18. The highest BCUT2D eigenvalue weighted by Gasteiger charge is 2.32. The van der Waals surface area contributed by atoms with Gasteiger partial charge in [-0.2, -0.15) is 0 Å². The second-order valence-corrected chi connectivity index (χ2v) is 6.19. The Kier molecular flexibility index (Phi) is 4.51. The molecule has 1 heterocycles. The zero-order valence-electron chi connectivity index (χ0n) is 14.5. The van der Waals surface area contributed by atoms with Crippen molar-refractivity contribution in [2.45, 2.75) is 39.0 Å². The van der Waals surface area contributed by atoms with Gasteiger partial charge in [0.2, 0.25) is 0 Å². The summed E-state index contributed by atoms with van der Waals surface area (Å²) in [5.74, 6) is 6.96. The van der Waals surface area contributed by atoms with Crippen LogP contribution in [0.1, 0.15) is 53.7 Å². The zero-order valence-corrected chi connectivity index (χ0v) is 14.5. The lowest BCUT2D eigenvalue weighted by Gasteiger charge is -2.27. The van der Waals surface area contributed by atoms with Crippen molar-refractivity contribution in [1.82, 2.24) is 4.68 Å². The number of methoxy groups -OCH3 is 1. The van der Waals surface area contributed by atoms with Gasteiger partial charge in [-0.15, -0.1) is 0 Å². The molecular weight excluding hydrogens is 304 g/mol. The number of nitrogens with zero attached hydrogens (tertiary/aromatic N) is 1. The Hall–Kier alpha value is -2.43. The molecule has 1 saturated carbocycles. The average Bonchev–Trinajstić information content (AvgIpc) is 2.83. The highest BCUT2D eigenvalue weighted by atomic mass is 16.5. The van der Waals surface area contributed by atoms with Crippen molar-refractivity contribution in [3.05, 3.63) is 41.2 Å². The van der Waals surface area contributed by atoms with Crippen LogP contribution >= 0.6 is 0 Å². The van der Waals surface area contributed by atoms with Crippen LogP contribution < -0.4 is 10.6 Å². The van der Waals surface area contributed by atoms with Crippen LogP contribution in [0.2, 0.25) is 0 Å². The first-order valence-electron chi connectivity index (χ1n) is 8.39. The van der Waals surface area contributed by atoms with Gasteiger partial charge in [-0.3, -0.25) is 4.68 Å². The number of hydrogen-bond donors (Lipinski definition) is 1. The predicted octanol–water partition coefficient (Wildman–Crippen LogP) is 3.63. The van der Waals surface area contributed by atoms with E-state index in [1.807, 2.05) is 31.3 Å². The molecule has 0 bridgehead atoms. The number of nitrogen functional groups attached to an aromatic ring is 1. The lowest BCUT2D eigenvalue weighted by molar-refractivity contribution is 0.0513. The van der Waals surface area contributed by atoms with E-state index in [1.165, 1.54) is 11.1 Å². The normalized spacial score (nSPS) is 14.3. The third kappa shape index (κ3) is 2.64. The molecule has 0 unspecified atom stereocenters. The van der Waals surface area contributed by atoms with Crippen LogP contribution in [-0.4, -0.2) is 24.4 Å². The topological polar surface area (TPSA) is 66.5 Å². The Bertz CT molecular complexity index is 760. The maximum atomic E-state index is 12.4. The molecule has 1 aliphatic carbocycles. The van der Waals surface area contributed by atoms with E-state index in [4.69, 9.17) is 15.3 Å². The Labute approximate surface area is 142 Å². The number of aromatic nitrogens is 1. The number of nitrogens with two attached hydrogens (primary N) is 1. The fourth-order valence-electron chi connectivity index (χ4n) is 3.41. The first kappa shape index (κ1) is 16.4. The van der Waals surface area contributed by atoms with Gasteiger partial charge in [0.05, 0.1) is 13.7 Å². The lowest BCUT2D eigenvalue weighted by atomic mass is 9.77. The minimum absolute atomic E-state index is 0.335. The molecule has 0 amide bonds. The minimum Gasteiger partial charge on any atom is -0.496 e. The van der Waals surface area contributed by atoms with Gasteiger partial charge in [0.1, 0.15) is 5.75 Å². The molecule has 0 aliphatic heterocycles. The Morgan fingerprint density at radius 2 is 2.08 bits per heavy atom. The van der Waals surface area contributed by atoms with Crippen molar-refractivity contribution in [2.24, 2.45) is 0 Å². The monoisotopic (exact) mass is 328 g/mol. The minimum atomic E-state index is -0.353. The van der Waals surface area contributed by atoms with E-state index in [9.17, 15) is 4.79 Å². The van der Waals surface area contributed by atoms with Gasteiger partial charge in [-0.25, -0.2) is 4.79 Å². The Morgan fingerprint density at radius 3 is 2.67 bits per heavy atom. The van der Waals surface area contributed by atoms with Crippen molar-refractivity contribution in [3.63, 3.8) is 0 Å². The van der Waals surface area contributed by atoms with Gasteiger partial charge < -0.3 is 15.3 Å². The van der Waals surface area contributed by atoms with E-state index in [1.54, 1.807) is 14.0 Å². The van der Waals surface area contributed by atoms with Crippen molar-refractivity contribution >= 4 is 5.97 Å². The fraction of sp³-hybridized carbons (Fsp3) is 0.421. The molecule has 1 aromatic carbocycles. The van der Waals surface area contributed by atoms with E-state index in [-0.39, 0.29) is 5.97 Å². The molecule has 2 aromatic rings. The van der Waals surface area contributed by atoms with E-state index in [2.05, 4.69) is 0 Å². The molecule has 0 saturated heterocycles. The Morgan fingerprint density at radius 1 is 1.33 bits per heavy atom. The highest BCUT2D eigenvalue weighted by molar-refractivity contribution is 5.93. The number of carbonyl (C=O) groups excluding carboxylic acids is 1. The molecule has 128 valence electrons. The van der Waals surface area contributed by atoms with Crippen LogP contribution in [0.3, 0.4) is 0 Å². The molecular formula is C19H24N2O3. The van der Waals surface area contributed by atoms with Gasteiger partial charge in [0.15, 0.2) is 5.69 Å². The molecule has 2 N–H and O–H groups in total. The number of hydrogen-bond acceptors (Lipinski definition) is 4. The van der Waals surface area contributed by atoms with Gasteiger partial charge in [0.25, 0.3) is 0 Å². The van der Waals surface area contributed by atoms with Crippen LogP contribution in [0.25, 0.3) is 11.1 Å². The number of rotatable bonds is 5.